The molecule has 0 saturated heterocycles. The van der Waals surface area contributed by atoms with Gasteiger partial charge in [0.1, 0.15) is 11.6 Å². The van der Waals surface area contributed by atoms with Crippen LogP contribution in [0.15, 0.2) is 267 Å². The van der Waals surface area contributed by atoms with Crippen molar-refractivity contribution >= 4 is 73.7 Å². The maximum Gasteiger partial charge on any atom is 0.179 e. The minimum atomic E-state index is -3.20. The molecule has 13 aromatic rings. The molecule has 0 bridgehead atoms. The molecular formula is C69H50N6Si. The summed E-state index contributed by atoms with van der Waals surface area (Å²) in [6.45, 7) is 6.42. The van der Waals surface area contributed by atoms with Gasteiger partial charge in [0.25, 0.3) is 0 Å². The van der Waals surface area contributed by atoms with Crippen molar-refractivity contribution in [1.82, 2.24) is 29.1 Å². The second-order valence-corrected chi connectivity index (χ2v) is 22.8. The highest BCUT2D eigenvalue weighted by Crippen LogP contribution is 2.36. The van der Waals surface area contributed by atoms with E-state index in [-0.39, 0.29) is 0 Å². The fourth-order valence-corrected chi connectivity index (χ4v) is 16.1. The number of nitrogens with zero attached hydrogens (tertiary/aromatic N) is 6. The van der Waals surface area contributed by atoms with Crippen molar-refractivity contribution in [3.8, 4) is 56.9 Å². The van der Waals surface area contributed by atoms with Crippen LogP contribution in [0.1, 0.15) is 18.2 Å². The standard InChI is InChI=1S/C69H50N6Si/c1-3-26-56-57-37-20-23-40-63(57)74(62(56)4-2)66-46-60(48-27-10-5-11-28-48)70-68(72-66)50-43-51(45-55(44-50)76(52-31-14-7-15-32-52,53-33-16-8-17-34-53)54-35-18-9-19-36-54)69-71-61(49-29-12-6-13-30-49)47-67(73-69)75-64-41-24-21-38-58(64)59-39-22-25-42-65(59)75/h3-47H,2H2,1H3/b26-3-. The Bertz CT molecular complexity index is 4150. The number of aromatic nitrogens is 6. The monoisotopic (exact) mass is 990 g/mol. The highest BCUT2D eigenvalue weighted by Gasteiger charge is 2.42. The van der Waals surface area contributed by atoms with E-state index in [9.17, 15) is 0 Å². The van der Waals surface area contributed by atoms with Gasteiger partial charge in [-0.15, -0.1) is 0 Å². The van der Waals surface area contributed by atoms with Crippen molar-refractivity contribution in [3.05, 3.63) is 279 Å². The Morgan fingerprint density at radius 3 is 1.18 bits per heavy atom. The lowest BCUT2D eigenvalue weighted by Gasteiger charge is -2.35. The van der Waals surface area contributed by atoms with Gasteiger partial charge in [0, 0.05) is 56.1 Å². The lowest BCUT2D eigenvalue weighted by molar-refractivity contribution is 1.01. The van der Waals surface area contributed by atoms with Crippen molar-refractivity contribution in [2.75, 3.05) is 0 Å². The molecule has 0 aliphatic carbocycles. The highest BCUT2D eigenvalue weighted by molar-refractivity contribution is 7.20. The molecule has 0 aliphatic rings. The maximum atomic E-state index is 5.66. The van der Waals surface area contributed by atoms with E-state index in [1.54, 1.807) is 0 Å². The topological polar surface area (TPSA) is 61.4 Å². The van der Waals surface area contributed by atoms with E-state index >= 15 is 0 Å². The van der Waals surface area contributed by atoms with E-state index in [0.29, 0.717) is 11.6 Å². The van der Waals surface area contributed by atoms with Crippen LogP contribution in [0.4, 0.5) is 0 Å². The predicted octanol–water partition coefficient (Wildman–Crippen LogP) is 14.0. The Balaban J connectivity index is 1.16. The first-order valence-corrected chi connectivity index (χ1v) is 27.7. The van der Waals surface area contributed by atoms with Gasteiger partial charge in [-0.05, 0) is 58.0 Å². The molecule has 0 fully saturated rings. The summed E-state index contributed by atoms with van der Waals surface area (Å²) in [6, 6.07) is 90.7. The Morgan fingerprint density at radius 1 is 0.368 bits per heavy atom. The van der Waals surface area contributed by atoms with Crippen LogP contribution >= 0.6 is 0 Å². The van der Waals surface area contributed by atoms with Gasteiger partial charge >= 0.3 is 0 Å². The average Bonchev–Trinajstić information content (AvgIpc) is 4.01. The first-order valence-electron chi connectivity index (χ1n) is 25.7. The Kier molecular flexibility index (Phi) is 11.8. The number of rotatable bonds is 12. The maximum absolute atomic E-state index is 5.66. The van der Waals surface area contributed by atoms with Crippen LogP contribution in [0.5, 0.6) is 0 Å². The van der Waals surface area contributed by atoms with Gasteiger partial charge in [0.2, 0.25) is 0 Å². The summed E-state index contributed by atoms with van der Waals surface area (Å²) in [5.41, 5.74) is 10.4. The summed E-state index contributed by atoms with van der Waals surface area (Å²) in [5.74, 6) is 2.65. The van der Waals surface area contributed by atoms with Crippen molar-refractivity contribution in [3.63, 3.8) is 0 Å². The minimum Gasteiger partial charge on any atom is -0.294 e. The molecule has 360 valence electrons. The third kappa shape index (κ3) is 7.89. The summed E-state index contributed by atoms with van der Waals surface area (Å²) >= 11 is 0. The first kappa shape index (κ1) is 46.0. The molecule has 0 radical (unpaired) electrons. The van der Waals surface area contributed by atoms with E-state index in [1.165, 1.54) is 15.6 Å². The molecule has 0 atom stereocenters. The van der Waals surface area contributed by atoms with E-state index in [4.69, 9.17) is 19.9 Å². The Hall–Kier alpha value is -9.82. The molecule has 0 spiro atoms. The Morgan fingerprint density at radius 2 is 0.750 bits per heavy atom. The predicted molar refractivity (Wildman–Crippen MR) is 319 cm³/mol. The first-order chi connectivity index (χ1) is 37.6. The van der Waals surface area contributed by atoms with Gasteiger partial charge in [-0.2, -0.15) is 0 Å². The van der Waals surface area contributed by atoms with Gasteiger partial charge in [0.05, 0.1) is 33.6 Å². The van der Waals surface area contributed by atoms with Gasteiger partial charge in [-0.25, -0.2) is 19.9 Å². The second-order valence-electron chi connectivity index (χ2n) is 19.0. The summed E-state index contributed by atoms with van der Waals surface area (Å²) in [6.07, 6.45) is 6.17. The van der Waals surface area contributed by atoms with Crippen molar-refractivity contribution in [1.29, 1.82) is 0 Å². The van der Waals surface area contributed by atoms with E-state index < -0.39 is 8.07 Å². The number of hydrogen-bond donors (Lipinski definition) is 0. The third-order valence-corrected chi connectivity index (χ3v) is 19.3. The molecule has 6 nitrogen and oxygen atoms in total. The van der Waals surface area contributed by atoms with Crippen molar-refractivity contribution in [2.45, 2.75) is 6.92 Å². The van der Waals surface area contributed by atoms with Crippen LogP contribution in [0.3, 0.4) is 0 Å². The molecule has 9 aromatic carbocycles. The van der Waals surface area contributed by atoms with Crippen molar-refractivity contribution in [2.24, 2.45) is 0 Å². The van der Waals surface area contributed by atoms with Crippen LogP contribution < -0.4 is 20.7 Å². The molecule has 4 heterocycles. The van der Waals surface area contributed by atoms with E-state index in [1.807, 2.05) is 18.2 Å². The lowest BCUT2D eigenvalue weighted by Crippen LogP contribution is -2.74. The quantitative estimate of drug-likeness (QED) is 0.0904. The van der Waals surface area contributed by atoms with Crippen molar-refractivity contribution < 1.29 is 0 Å². The molecule has 4 aromatic heterocycles. The number of hydrogen-bond acceptors (Lipinski definition) is 4. The zero-order chi connectivity index (χ0) is 51.0. The van der Waals surface area contributed by atoms with Crippen LogP contribution in [0.25, 0.3) is 102 Å². The molecule has 0 saturated carbocycles. The molecule has 76 heavy (non-hydrogen) atoms. The molecular weight excluding hydrogens is 941 g/mol. The molecule has 7 heteroatoms. The SMILES string of the molecule is C=Cc1c(/C=C\C)c2ccccc2n1-c1cc(-c2ccccc2)nc(-c2cc(-c3nc(-c4ccccc4)cc(-n4c5ccccc5c5ccccc54)n3)cc([Si](c3ccccc3)(c3ccccc3)c3ccccc3)c2)n1. The number of allylic oxidation sites excluding steroid dienone is 1. The van der Waals surface area contributed by atoms with Crippen LogP contribution in [0.2, 0.25) is 0 Å². The lowest BCUT2D eigenvalue weighted by atomic mass is 10.1. The largest absolute Gasteiger partial charge is 0.294 e. The fourth-order valence-electron chi connectivity index (χ4n) is 11.3. The fraction of sp³-hybridized carbons (Fsp3) is 0.0145. The molecule has 13 rings (SSSR count). The normalized spacial score (nSPS) is 11.8. The number of fused-ring (bicyclic) bond motifs is 4. The van der Waals surface area contributed by atoms with Gasteiger partial charge in [0.15, 0.2) is 19.7 Å². The van der Waals surface area contributed by atoms with Gasteiger partial charge in [-0.1, -0.05) is 237 Å². The molecule has 0 aliphatic heterocycles. The highest BCUT2D eigenvalue weighted by atomic mass is 28.3. The third-order valence-electron chi connectivity index (χ3n) is 14.6. The zero-order valence-electron chi connectivity index (χ0n) is 41.9. The summed E-state index contributed by atoms with van der Waals surface area (Å²) < 4.78 is 4.50. The van der Waals surface area contributed by atoms with Crippen LogP contribution in [-0.2, 0) is 0 Å². The second kappa shape index (κ2) is 19.6. The number of para-hydroxylation sites is 3. The van der Waals surface area contributed by atoms with E-state index in [2.05, 4.69) is 277 Å². The van der Waals surface area contributed by atoms with Gasteiger partial charge in [-0.3, -0.25) is 9.13 Å². The van der Waals surface area contributed by atoms with Crippen LogP contribution in [-0.4, -0.2) is 37.1 Å². The summed E-state index contributed by atoms with van der Waals surface area (Å²) in [5, 5.41) is 8.29. The smallest absolute Gasteiger partial charge is 0.179 e. The zero-order valence-corrected chi connectivity index (χ0v) is 42.9. The van der Waals surface area contributed by atoms with E-state index in [0.717, 1.165) is 94.4 Å². The average molecular weight is 991 g/mol. The molecule has 0 amide bonds. The summed E-state index contributed by atoms with van der Waals surface area (Å²) in [7, 11) is -3.20. The minimum absolute atomic E-state index is 0.568. The molecule has 0 unspecified atom stereocenters. The molecule has 0 N–H and O–H groups in total. The number of benzene rings is 9. The van der Waals surface area contributed by atoms with Crippen LogP contribution in [0, 0.1) is 0 Å². The van der Waals surface area contributed by atoms with Gasteiger partial charge < -0.3 is 0 Å². The summed E-state index contributed by atoms with van der Waals surface area (Å²) in [4.78, 5) is 22.4. The Labute approximate surface area is 443 Å².